The summed E-state index contributed by atoms with van der Waals surface area (Å²) < 4.78 is 3.61. The summed E-state index contributed by atoms with van der Waals surface area (Å²) in [5, 5.41) is 0. The van der Waals surface area contributed by atoms with Gasteiger partial charge in [-0.25, -0.2) is 4.98 Å². The lowest BCUT2D eigenvalue weighted by Gasteiger charge is -2.26. The molecule has 0 spiro atoms. The number of fused-ring (bicyclic) bond motifs is 1. The van der Waals surface area contributed by atoms with E-state index in [-0.39, 0.29) is 0 Å². The molecule has 2 saturated carbocycles. The number of halogens is 1. The van der Waals surface area contributed by atoms with E-state index >= 15 is 0 Å². The lowest BCUT2D eigenvalue weighted by molar-refractivity contribution is 0.374. The van der Waals surface area contributed by atoms with Crippen molar-refractivity contribution in [2.75, 3.05) is 0 Å². The van der Waals surface area contributed by atoms with E-state index in [2.05, 4.69) is 38.7 Å². The van der Waals surface area contributed by atoms with Crippen LogP contribution >= 0.6 is 15.9 Å². The van der Waals surface area contributed by atoms with E-state index in [1.165, 1.54) is 43.4 Å². The van der Waals surface area contributed by atoms with Gasteiger partial charge in [-0.3, -0.25) is 0 Å². The van der Waals surface area contributed by atoms with E-state index in [1.54, 1.807) is 0 Å². The molecular weight excluding hydrogens is 314 g/mol. The summed E-state index contributed by atoms with van der Waals surface area (Å²) >= 11 is 3.56. The van der Waals surface area contributed by atoms with Gasteiger partial charge in [0.2, 0.25) is 0 Å². The molecule has 106 valence electrons. The lowest BCUT2D eigenvalue weighted by atomic mass is 9.85. The molecule has 4 heteroatoms. The Kier molecular flexibility index (Phi) is 3.11. The summed E-state index contributed by atoms with van der Waals surface area (Å²) in [5.74, 6) is 1.83. The minimum absolute atomic E-state index is 0.355. The Bertz CT molecular complexity index is 644. The molecule has 2 fully saturated rings. The second-order valence-electron chi connectivity index (χ2n) is 6.33. The van der Waals surface area contributed by atoms with Crippen molar-refractivity contribution in [1.29, 1.82) is 0 Å². The Morgan fingerprint density at radius 1 is 1.20 bits per heavy atom. The fourth-order valence-electron chi connectivity index (χ4n) is 3.56. The number of imidazole rings is 1. The molecular formula is C16H20BrN3. The number of benzene rings is 1. The molecule has 2 aliphatic carbocycles. The minimum Gasteiger partial charge on any atom is -0.328 e. The third kappa shape index (κ3) is 2.19. The second-order valence-corrected chi connectivity index (χ2v) is 7.24. The SMILES string of the molecule is NC1CCCC(c2nc3cc(Br)ccc3n2C2CC2)C1. The molecule has 2 atom stereocenters. The maximum absolute atomic E-state index is 6.18. The van der Waals surface area contributed by atoms with Gasteiger partial charge in [-0.1, -0.05) is 22.4 Å². The van der Waals surface area contributed by atoms with Gasteiger partial charge in [-0.05, 0) is 50.3 Å². The quantitative estimate of drug-likeness (QED) is 0.898. The van der Waals surface area contributed by atoms with Crippen LogP contribution in [-0.4, -0.2) is 15.6 Å². The van der Waals surface area contributed by atoms with E-state index in [0.717, 1.165) is 16.4 Å². The Morgan fingerprint density at radius 3 is 2.80 bits per heavy atom. The summed E-state index contributed by atoms with van der Waals surface area (Å²) in [4.78, 5) is 4.97. The van der Waals surface area contributed by atoms with Gasteiger partial charge in [-0.2, -0.15) is 0 Å². The van der Waals surface area contributed by atoms with Gasteiger partial charge < -0.3 is 10.3 Å². The van der Waals surface area contributed by atoms with Crippen molar-refractivity contribution in [1.82, 2.24) is 9.55 Å². The highest BCUT2D eigenvalue weighted by Crippen LogP contribution is 2.43. The number of hydrogen-bond donors (Lipinski definition) is 1. The van der Waals surface area contributed by atoms with Gasteiger partial charge in [0.15, 0.2) is 0 Å². The molecule has 0 bridgehead atoms. The molecule has 1 aromatic heterocycles. The molecule has 2 N–H and O–H groups in total. The topological polar surface area (TPSA) is 43.8 Å². The fraction of sp³-hybridized carbons (Fsp3) is 0.562. The van der Waals surface area contributed by atoms with Crippen LogP contribution in [0.5, 0.6) is 0 Å². The van der Waals surface area contributed by atoms with Crippen LogP contribution in [0.4, 0.5) is 0 Å². The first-order valence-electron chi connectivity index (χ1n) is 7.65. The van der Waals surface area contributed by atoms with Crippen molar-refractivity contribution in [2.45, 2.75) is 56.5 Å². The van der Waals surface area contributed by atoms with E-state index < -0.39 is 0 Å². The van der Waals surface area contributed by atoms with Crippen LogP contribution in [0.15, 0.2) is 22.7 Å². The molecule has 0 aliphatic heterocycles. The Balaban J connectivity index is 1.83. The largest absolute Gasteiger partial charge is 0.328 e. The molecule has 2 aromatic rings. The molecule has 20 heavy (non-hydrogen) atoms. The minimum atomic E-state index is 0.355. The highest BCUT2D eigenvalue weighted by molar-refractivity contribution is 9.10. The Morgan fingerprint density at radius 2 is 2.05 bits per heavy atom. The number of nitrogens with two attached hydrogens (primary N) is 1. The normalized spacial score (nSPS) is 27.1. The van der Waals surface area contributed by atoms with Crippen LogP contribution in [0.25, 0.3) is 11.0 Å². The van der Waals surface area contributed by atoms with Crippen LogP contribution in [0, 0.1) is 0 Å². The van der Waals surface area contributed by atoms with Gasteiger partial charge >= 0.3 is 0 Å². The van der Waals surface area contributed by atoms with Crippen LogP contribution in [0.2, 0.25) is 0 Å². The standard InChI is InChI=1S/C16H20BrN3/c17-11-4-7-15-14(9-11)19-16(20(15)13-5-6-13)10-2-1-3-12(18)8-10/h4,7,9-10,12-13H,1-3,5-6,8,18H2. The highest BCUT2D eigenvalue weighted by Gasteiger charge is 2.32. The maximum atomic E-state index is 6.18. The lowest BCUT2D eigenvalue weighted by Crippen LogP contribution is -2.28. The number of aromatic nitrogens is 2. The molecule has 2 aliphatic rings. The molecule has 3 nitrogen and oxygen atoms in total. The highest BCUT2D eigenvalue weighted by atomic mass is 79.9. The predicted molar refractivity (Wildman–Crippen MR) is 84.9 cm³/mol. The average molecular weight is 334 g/mol. The van der Waals surface area contributed by atoms with Crippen LogP contribution < -0.4 is 5.73 Å². The third-order valence-corrected chi connectivity index (χ3v) is 5.16. The van der Waals surface area contributed by atoms with Crippen molar-refractivity contribution < 1.29 is 0 Å². The molecule has 0 saturated heterocycles. The number of nitrogens with zero attached hydrogens (tertiary/aromatic N) is 2. The zero-order valence-electron chi connectivity index (χ0n) is 11.6. The van der Waals surface area contributed by atoms with E-state index in [0.29, 0.717) is 18.0 Å². The van der Waals surface area contributed by atoms with Crippen molar-refractivity contribution >= 4 is 27.0 Å². The predicted octanol–water partition coefficient (Wildman–Crippen LogP) is 4.12. The van der Waals surface area contributed by atoms with Gasteiger partial charge in [-0.15, -0.1) is 0 Å². The zero-order valence-corrected chi connectivity index (χ0v) is 13.1. The van der Waals surface area contributed by atoms with Crippen molar-refractivity contribution in [3.63, 3.8) is 0 Å². The van der Waals surface area contributed by atoms with Crippen molar-refractivity contribution in [2.24, 2.45) is 5.73 Å². The van der Waals surface area contributed by atoms with Crippen LogP contribution in [-0.2, 0) is 0 Å². The Labute approximate surface area is 127 Å². The first kappa shape index (κ1) is 12.8. The maximum Gasteiger partial charge on any atom is 0.113 e. The molecule has 4 rings (SSSR count). The molecule has 2 unspecified atom stereocenters. The van der Waals surface area contributed by atoms with Crippen LogP contribution in [0.1, 0.15) is 56.3 Å². The molecule has 1 heterocycles. The molecule has 0 radical (unpaired) electrons. The number of hydrogen-bond acceptors (Lipinski definition) is 2. The summed E-state index contributed by atoms with van der Waals surface area (Å²) in [6, 6.07) is 7.50. The fourth-order valence-corrected chi connectivity index (χ4v) is 3.91. The van der Waals surface area contributed by atoms with Crippen molar-refractivity contribution in [3.8, 4) is 0 Å². The summed E-state index contributed by atoms with van der Waals surface area (Å²) in [6.45, 7) is 0. The van der Waals surface area contributed by atoms with E-state index in [9.17, 15) is 0 Å². The van der Waals surface area contributed by atoms with E-state index in [4.69, 9.17) is 10.7 Å². The van der Waals surface area contributed by atoms with E-state index in [1.807, 2.05) is 0 Å². The Hall–Kier alpha value is -0.870. The third-order valence-electron chi connectivity index (χ3n) is 4.67. The monoisotopic (exact) mass is 333 g/mol. The van der Waals surface area contributed by atoms with Crippen molar-refractivity contribution in [3.05, 3.63) is 28.5 Å². The summed E-state index contributed by atoms with van der Waals surface area (Å²) in [7, 11) is 0. The first-order valence-corrected chi connectivity index (χ1v) is 8.44. The van der Waals surface area contributed by atoms with Crippen LogP contribution in [0.3, 0.4) is 0 Å². The first-order chi connectivity index (χ1) is 9.72. The van der Waals surface area contributed by atoms with Gasteiger partial charge in [0.1, 0.15) is 5.82 Å². The second kappa shape index (κ2) is 4.85. The van der Waals surface area contributed by atoms with Gasteiger partial charge in [0.25, 0.3) is 0 Å². The molecule has 0 amide bonds. The number of rotatable bonds is 2. The average Bonchev–Trinajstić information content (AvgIpc) is 3.19. The van der Waals surface area contributed by atoms with Gasteiger partial charge in [0.05, 0.1) is 11.0 Å². The zero-order chi connectivity index (χ0) is 13.7. The summed E-state index contributed by atoms with van der Waals surface area (Å²) in [5.41, 5.74) is 8.60. The van der Waals surface area contributed by atoms with Gasteiger partial charge in [0, 0.05) is 22.5 Å². The molecule has 1 aromatic carbocycles. The smallest absolute Gasteiger partial charge is 0.113 e. The summed E-state index contributed by atoms with van der Waals surface area (Å²) in [6.07, 6.45) is 7.35.